The van der Waals surface area contributed by atoms with Crippen molar-refractivity contribution in [2.45, 2.75) is 84.5 Å². The molecule has 0 amide bonds. The summed E-state index contributed by atoms with van der Waals surface area (Å²) < 4.78 is 0. The third kappa shape index (κ3) is 7.43. The van der Waals surface area contributed by atoms with Gasteiger partial charge in [-0.25, -0.2) is 0 Å². The molecule has 1 unspecified atom stereocenters. The molecule has 2 heteroatoms. The number of benzene rings is 11. The molecule has 11 aromatic carbocycles. The van der Waals surface area contributed by atoms with Gasteiger partial charge in [0, 0.05) is 34.1 Å². The summed E-state index contributed by atoms with van der Waals surface area (Å²) in [5.41, 5.74) is 22.3. The highest BCUT2D eigenvalue weighted by Crippen LogP contribution is 2.65. The molecule has 0 saturated carbocycles. The van der Waals surface area contributed by atoms with E-state index in [4.69, 9.17) is 0 Å². The highest BCUT2D eigenvalue weighted by atomic mass is 15.1. The highest BCUT2D eigenvalue weighted by Gasteiger charge is 2.53. The molecule has 2 nitrogen and oxygen atoms in total. The summed E-state index contributed by atoms with van der Waals surface area (Å²) in [6.07, 6.45) is 0. The number of nitrogens with zero attached hydrogens (tertiary/aromatic N) is 2. The van der Waals surface area contributed by atoms with Crippen LogP contribution in [0.1, 0.15) is 124 Å². The Balaban J connectivity index is 1.04. The maximum absolute atomic E-state index is 2.56. The Labute approximate surface area is 443 Å². The van der Waals surface area contributed by atoms with Crippen LogP contribution in [-0.2, 0) is 5.41 Å². The molecule has 75 heavy (non-hydrogen) atoms. The molecule has 366 valence electrons. The van der Waals surface area contributed by atoms with Crippen LogP contribution in [0.25, 0.3) is 54.6 Å². The van der Waals surface area contributed by atoms with Crippen LogP contribution < -0.4 is 9.80 Å². The first kappa shape index (κ1) is 46.6. The molecule has 1 spiro atoms. The van der Waals surface area contributed by atoms with Crippen molar-refractivity contribution >= 4 is 66.4 Å². The van der Waals surface area contributed by atoms with Crippen LogP contribution in [0, 0.1) is 0 Å². The van der Waals surface area contributed by atoms with Crippen molar-refractivity contribution in [2.75, 3.05) is 9.80 Å². The predicted octanol–water partition coefficient (Wildman–Crippen LogP) is 20.9. The minimum Gasteiger partial charge on any atom is -0.310 e. The van der Waals surface area contributed by atoms with Crippen LogP contribution >= 0.6 is 0 Å². The Morgan fingerprint density at radius 1 is 0.280 bits per heavy atom. The van der Waals surface area contributed by atoms with Crippen molar-refractivity contribution in [1.82, 2.24) is 0 Å². The fourth-order valence-electron chi connectivity index (χ4n) is 12.7. The van der Waals surface area contributed by atoms with E-state index in [2.05, 4.69) is 284 Å². The van der Waals surface area contributed by atoms with Crippen molar-refractivity contribution in [1.29, 1.82) is 0 Å². The standard InChI is InChI=1S/C73H64N2/c1-45(2)49-17-28-57(29-18-49)74(58-30-19-50(20-31-58)46(3)4)61-36-25-54-43-67-65-38-26-55-41-62(75(59-32-21-51(22-33-59)47(5)6)60-34-23-52(24-35-60)48(7)8)37-39-64(55)72(65)73(70(67)44-56(54)42-61)68-16-12-11-15-66(68)71-63-14-10-9-13-53(63)27-40-69(71)73/h9-48H,1-8H3. The van der Waals surface area contributed by atoms with Gasteiger partial charge < -0.3 is 9.80 Å². The molecule has 0 aromatic heterocycles. The lowest BCUT2D eigenvalue weighted by molar-refractivity contribution is 0.803. The molecule has 0 aliphatic heterocycles. The van der Waals surface area contributed by atoms with E-state index in [9.17, 15) is 0 Å². The van der Waals surface area contributed by atoms with Crippen molar-refractivity contribution in [3.05, 3.63) is 263 Å². The molecule has 0 fully saturated rings. The lowest BCUT2D eigenvalue weighted by atomic mass is 9.69. The van der Waals surface area contributed by atoms with Gasteiger partial charge in [-0.3, -0.25) is 0 Å². The molecule has 13 rings (SSSR count). The molecular formula is C73H64N2. The number of anilines is 6. The Bertz CT molecular complexity index is 3890. The third-order valence-corrected chi connectivity index (χ3v) is 16.8. The van der Waals surface area contributed by atoms with Gasteiger partial charge in [0.15, 0.2) is 0 Å². The van der Waals surface area contributed by atoms with Gasteiger partial charge in [0.25, 0.3) is 0 Å². The third-order valence-electron chi connectivity index (χ3n) is 16.8. The number of hydrogen-bond acceptors (Lipinski definition) is 2. The van der Waals surface area contributed by atoms with Crippen LogP contribution in [0.5, 0.6) is 0 Å². The average Bonchev–Trinajstić information content (AvgIpc) is 3.91. The Morgan fingerprint density at radius 2 is 0.733 bits per heavy atom. The largest absolute Gasteiger partial charge is 0.310 e. The van der Waals surface area contributed by atoms with Gasteiger partial charge in [-0.2, -0.15) is 0 Å². The fraction of sp³-hybridized carbons (Fsp3) is 0.178. The van der Waals surface area contributed by atoms with Crippen LogP contribution in [0.15, 0.2) is 218 Å². The van der Waals surface area contributed by atoms with Gasteiger partial charge in [0.1, 0.15) is 0 Å². The highest BCUT2D eigenvalue weighted by molar-refractivity contribution is 6.11. The van der Waals surface area contributed by atoms with E-state index >= 15 is 0 Å². The van der Waals surface area contributed by atoms with E-state index in [1.165, 1.54) is 99.1 Å². The summed E-state index contributed by atoms with van der Waals surface area (Å²) in [5.74, 6) is 1.81. The number of hydrogen-bond donors (Lipinski definition) is 0. The molecule has 0 radical (unpaired) electrons. The SMILES string of the molecule is CC(C)c1ccc(N(c2ccc(C(C)C)cc2)c2ccc3cc4c(cc3c2)C2(c3ccccc3-c3c2ccc2ccccc32)c2c-4ccc3cc(N(c4ccc(C(C)C)cc4)c4ccc(C(C)C)cc4)ccc23)cc1. The topological polar surface area (TPSA) is 6.48 Å². The first-order chi connectivity index (χ1) is 36.5. The molecule has 1 atom stereocenters. The smallest absolute Gasteiger partial charge is 0.0731 e. The number of fused-ring (bicyclic) bond motifs is 15. The number of rotatable bonds is 10. The monoisotopic (exact) mass is 969 g/mol. The van der Waals surface area contributed by atoms with Gasteiger partial charge in [0.2, 0.25) is 0 Å². The van der Waals surface area contributed by atoms with E-state index in [0.717, 1.165) is 34.1 Å². The van der Waals surface area contributed by atoms with Crippen molar-refractivity contribution < 1.29 is 0 Å². The lowest BCUT2D eigenvalue weighted by Crippen LogP contribution is -2.26. The van der Waals surface area contributed by atoms with Gasteiger partial charge >= 0.3 is 0 Å². The molecule has 11 aromatic rings. The van der Waals surface area contributed by atoms with Crippen LogP contribution in [0.3, 0.4) is 0 Å². The second kappa shape index (κ2) is 18.0. The fourth-order valence-corrected chi connectivity index (χ4v) is 12.7. The van der Waals surface area contributed by atoms with Gasteiger partial charge in [-0.05, 0) is 208 Å². The summed E-state index contributed by atoms with van der Waals surface area (Å²) in [7, 11) is 0. The van der Waals surface area contributed by atoms with Crippen molar-refractivity contribution in [3.8, 4) is 22.3 Å². The molecule has 0 heterocycles. The zero-order valence-electron chi connectivity index (χ0n) is 44.5. The molecule has 0 bridgehead atoms. The first-order valence-electron chi connectivity index (χ1n) is 27.3. The maximum Gasteiger partial charge on any atom is 0.0731 e. The summed E-state index contributed by atoms with van der Waals surface area (Å²) in [6.45, 7) is 18.1. The van der Waals surface area contributed by atoms with Crippen LogP contribution in [-0.4, -0.2) is 0 Å². The predicted molar refractivity (Wildman–Crippen MR) is 321 cm³/mol. The van der Waals surface area contributed by atoms with E-state index in [-0.39, 0.29) is 0 Å². The minimum absolute atomic E-state index is 0.454. The average molecular weight is 969 g/mol. The molecular weight excluding hydrogens is 905 g/mol. The van der Waals surface area contributed by atoms with Gasteiger partial charge in [-0.15, -0.1) is 0 Å². The lowest BCUT2D eigenvalue weighted by Gasteiger charge is -2.32. The van der Waals surface area contributed by atoms with Crippen LogP contribution in [0.2, 0.25) is 0 Å². The van der Waals surface area contributed by atoms with Crippen molar-refractivity contribution in [2.24, 2.45) is 0 Å². The molecule has 0 saturated heterocycles. The van der Waals surface area contributed by atoms with Gasteiger partial charge in [0.05, 0.1) is 5.41 Å². The van der Waals surface area contributed by atoms with E-state index in [0.29, 0.717) is 23.7 Å². The quantitative estimate of drug-likeness (QED) is 0.135. The van der Waals surface area contributed by atoms with E-state index in [1.807, 2.05) is 0 Å². The van der Waals surface area contributed by atoms with Crippen molar-refractivity contribution in [3.63, 3.8) is 0 Å². The van der Waals surface area contributed by atoms with Crippen LogP contribution in [0.4, 0.5) is 34.1 Å². The Hall–Kier alpha value is -8.20. The summed E-state index contributed by atoms with van der Waals surface area (Å²) in [5, 5.41) is 7.51. The molecule has 2 aliphatic rings. The second-order valence-corrected chi connectivity index (χ2v) is 22.5. The van der Waals surface area contributed by atoms with E-state index in [1.54, 1.807) is 0 Å². The maximum atomic E-state index is 2.56. The first-order valence-corrected chi connectivity index (χ1v) is 27.3. The Morgan fingerprint density at radius 3 is 1.28 bits per heavy atom. The molecule has 2 aliphatic carbocycles. The molecule has 0 N–H and O–H groups in total. The summed E-state index contributed by atoms with van der Waals surface area (Å²) >= 11 is 0. The van der Waals surface area contributed by atoms with E-state index < -0.39 is 5.41 Å². The van der Waals surface area contributed by atoms with Gasteiger partial charge in [-0.1, -0.05) is 189 Å². The zero-order valence-corrected chi connectivity index (χ0v) is 44.5. The Kier molecular flexibility index (Phi) is 11.2. The minimum atomic E-state index is -0.579. The summed E-state index contributed by atoms with van der Waals surface area (Å²) in [6, 6.07) is 83.9. The zero-order chi connectivity index (χ0) is 51.3. The normalized spacial score (nSPS) is 14.4. The second-order valence-electron chi connectivity index (χ2n) is 22.5. The summed E-state index contributed by atoms with van der Waals surface area (Å²) in [4.78, 5) is 4.87.